The van der Waals surface area contributed by atoms with Crippen molar-refractivity contribution in [1.29, 1.82) is 0 Å². The molecule has 2 aromatic carbocycles. The van der Waals surface area contributed by atoms with Crippen molar-refractivity contribution in [2.45, 2.75) is 12.6 Å². The fraction of sp³-hybridized carbons (Fsp3) is 0.143. The van der Waals surface area contributed by atoms with Crippen LogP contribution in [-0.2, 0) is 6.54 Å². The first-order chi connectivity index (χ1) is 7.86. The molecule has 2 heteroatoms. The van der Waals surface area contributed by atoms with Crippen LogP contribution in [0.15, 0.2) is 48.5 Å². The van der Waals surface area contributed by atoms with Gasteiger partial charge in [-0.2, -0.15) is 0 Å². The summed E-state index contributed by atoms with van der Waals surface area (Å²) in [5.74, 6) is 0. The minimum absolute atomic E-state index is 0.241. The van der Waals surface area contributed by atoms with Crippen LogP contribution in [0.3, 0.4) is 0 Å². The molecule has 16 heavy (non-hydrogen) atoms. The van der Waals surface area contributed by atoms with Gasteiger partial charge in [-0.05, 0) is 22.8 Å². The summed E-state index contributed by atoms with van der Waals surface area (Å²) < 4.78 is 0. The highest BCUT2D eigenvalue weighted by molar-refractivity contribution is 6.31. The lowest BCUT2D eigenvalue weighted by Crippen LogP contribution is -2.13. The lowest BCUT2D eigenvalue weighted by molar-refractivity contribution is 0.667. The molecule has 0 aromatic heterocycles. The predicted molar refractivity (Wildman–Crippen MR) is 66.6 cm³/mol. The van der Waals surface area contributed by atoms with Crippen LogP contribution in [0.25, 0.3) is 0 Å². The molecule has 1 unspecified atom stereocenters. The normalized spacial score (nSPS) is 18.4. The summed E-state index contributed by atoms with van der Waals surface area (Å²) in [5.41, 5.74) is 3.87. The molecule has 0 saturated carbocycles. The Hall–Kier alpha value is -1.31. The van der Waals surface area contributed by atoms with Crippen LogP contribution >= 0.6 is 11.6 Å². The zero-order valence-electron chi connectivity index (χ0n) is 8.78. The summed E-state index contributed by atoms with van der Waals surface area (Å²) in [6.07, 6.45) is 0. The first-order valence-corrected chi connectivity index (χ1v) is 5.79. The highest BCUT2D eigenvalue weighted by Gasteiger charge is 2.23. The summed E-state index contributed by atoms with van der Waals surface area (Å²) in [6, 6.07) is 16.8. The van der Waals surface area contributed by atoms with Gasteiger partial charge in [-0.25, -0.2) is 0 Å². The van der Waals surface area contributed by atoms with Crippen molar-refractivity contribution < 1.29 is 0 Å². The Balaban J connectivity index is 2.08. The van der Waals surface area contributed by atoms with Crippen LogP contribution in [0, 0.1) is 0 Å². The molecule has 2 aromatic rings. The summed E-state index contributed by atoms with van der Waals surface area (Å²) in [5, 5.41) is 4.33. The largest absolute Gasteiger partial charge is 0.302 e. The van der Waals surface area contributed by atoms with Crippen LogP contribution in [0.5, 0.6) is 0 Å². The fourth-order valence-corrected chi connectivity index (χ4v) is 2.53. The number of benzene rings is 2. The number of hydrogen-bond donors (Lipinski definition) is 1. The molecule has 1 aliphatic heterocycles. The number of fused-ring (bicyclic) bond motifs is 1. The Labute approximate surface area is 100 Å². The second-order valence-electron chi connectivity index (χ2n) is 4.03. The van der Waals surface area contributed by atoms with Crippen LogP contribution in [0.4, 0.5) is 0 Å². The highest BCUT2D eigenvalue weighted by atomic mass is 35.5. The maximum atomic E-state index is 6.23. The van der Waals surface area contributed by atoms with E-state index in [0.717, 1.165) is 17.1 Å². The molecule has 1 N–H and O–H groups in total. The van der Waals surface area contributed by atoms with E-state index < -0.39 is 0 Å². The van der Waals surface area contributed by atoms with Gasteiger partial charge in [-0.1, -0.05) is 54.1 Å². The summed E-state index contributed by atoms with van der Waals surface area (Å²) >= 11 is 6.23. The molecule has 0 saturated heterocycles. The monoisotopic (exact) mass is 229 g/mol. The van der Waals surface area contributed by atoms with Crippen LogP contribution in [0.1, 0.15) is 22.7 Å². The lowest BCUT2D eigenvalue weighted by atomic mass is 9.99. The number of hydrogen-bond acceptors (Lipinski definition) is 1. The van der Waals surface area contributed by atoms with Crippen molar-refractivity contribution in [2.75, 3.05) is 0 Å². The zero-order valence-corrected chi connectivity index (χ0v) is 9.54. The molecule has 1 heterocycles. The van der Waals surface area contributed by atoms with E-state index in [4.69, 9.17) is 11.6 Å². The second kappa shape index (κ2) is 3.93. The van der Waals surface area contributed by atoms with Gasteiger partial charge in [-0.3, -0.25) is 0 Å². The van der Waals surface area contributed by atoms with Gasteiger partial charge in [0.25, 0.3) is 0 Å². The van der Waals surface area contributed by atoms with Crippen molar-refractivity contribution in [3.63, 3.8) is 0 Å². The van der Waals surface area contributed by atoms with Gasteiger partial charge < -0.3 is 5.32 Å². The van der Waals surface area contributed by atoms with Gasteiger partial charge in [0.15, 0.2) is 0 Å². The third kappa shape index (κ3) is 1.53. The number of halogens is 1. The predicted octanol–water partition coefficient (Wildman–Crippen LogP) is 3.53. The third-order valence-electron chi connectivity index (χ3n) is 3.08. The Bertz CT molecular complexity index is 522. The fourth-order valence-electron chi connectivity index (χ4n) is 2.29. The average Bonchev–Trinajstić information content (AvgIpc) is 2.74. The molecule has 0 radical (unpaired) electrons. The molecule has 1 aliphatic rings. The zero-order chi connectivity index (χ0) is 11.0. The van der Waals surface area contributed by atoms with E-state index in [1.165, 1.54) is 11.1 Å². The van der Waals surface area contributed by atoms with Gasteiger partial charge in [0.2, 0.25) is 0 Å². The summed E-state index contributed by atoms with van der Waals surface area (Å²) in [4.78, 5) is 0. The third-order valence-corrected chi connectivity index (χ3v) is 3.42. The molecule has 3 rings (SSSR count). The molecule has 0 aliphatic carbocycles. The van der Waals surface area contributed by atoms with Gasteiger partial charge in [0, 0.05) is 11.6 Å². The lowest BCUT2D eigenvalue weighted by Gasteiger charge is -2.14. The molecule has 80 valence electrons. The van der Waals surface area contributed by atoms with Gasteiger partial charge in [0.1, 0.15) is 0 Å². The number of rotatable bonds is 1. The highest BCUT2D eigenvalue weighted by Crippen LogP contribution is 2.33. The van der Waals surface area contributed by atoms with E-state index in [1.54, 1.807) is 0 Å². The molecule has 1 nitrogen and oxygen atoms in total. The molecular formula is C14H12ClN. The second-order valence-corrected chi connectivity index (χ2v) is 4.44. The van der Waals surface area contributed by atoms with E-state index in [0.29, 0.717) is 0 Å². The van der Waals surface area contributed by atoms with E-state index in [9.17, 15) is 0 Å². The maximum absolute atomic E-state index is 6.23. The minimum atomic E-state index is 0.241. The standard InChI is InChI=1S/C14H12ClN/c15-13-8-4-3-7-12(13)14-11-6-2-1-5-10(11)9-16-14/h1-8,14,16H,9H2. The Kier molecular flexibility index (Phi) is 2.43. The van der Waals surface area contributed by atoms with Crippen molar-refractivity contribution in [2.24, 2.45) is 0 Å². The maximum Gasteiger partial charge on any atom is 0.0597 e. The van der Waals surface area contributed by atoms with E-state index >= 15 is 0 Å². The average molecular weight is 230 g/mol. The van der Waals surface area contributed by atoms with Crippen molar-refractivity contribution in [3.05, 3.63) is 70.2 Å². The number of nitrogens with one attached hydrogen (secondary N) is 1. The Morgan fingerprint density at radius 3 is 2.44 bits per heavy atom. The van der Waals surface area contributed by atoms with E-state index in [1.807, 2.05) is 18.2 Å². The first-order valence-electron chi connectivity index (χ1n) is 5.42. The van der Waals surface area contributed by atoms with Gasteiger partial charge >= 0.3 is 0 Å². The van der Waals surface area contributed by atoms with Crippen molar-refractivity contribution in [3.8, 4) is 0 Å². The van der Waals surface area contributed by atoms with Crippen molar-refractivity contribution in [1.82, 2.24) is 5.32 Å². The van der Waals surface area contributed by atoms with Crippen LogP contribution in [0.2, 0.25) is 5.02 Å². The molecule has 0 bridgehead atoms. The SMILES string of the molecule is Clc1ccccc1C1NCc2ccccc21. The summed E-state index contributed by atoms with van der Waals surface area (Å²) in [7, 11) is 0. The van der Waals surface area contributed by atoms with Gasteiger partial charge in [-0.15, -0.1) is 0 Å². The molecule has 0 spiro atoms. The van der Waals surface area contributed by atoms with Crippen molar-refractivity contribution >= 4 is 11.6 Å². The topological polar surface area (TPSA) is 12.0 Å². The molecular weight excluding hydrogens is 218 g/mol. The smallest absolute Gasteiger partial charge is 0.0597 e. The Morgan fingerprint density at radius 1 is 0.938 bits per heavy atom. The van der Waals surface area contributed by atoms with E-state index in [-0.39, 0.29) is 6.04 Å². The first kappa shape index (κ1) is 9.88. The Morgan fingerprint density at radius 2 is 1.62 bits per heavy atom. The van der Waals surface area contributed by atoms with Crippen LogP contribution < -0.4 is 5.32 Å². The molecule has 1 atom stereocenters. The minimum Gasteiger partial charge on any atom is -0.302 e. The molecule has 0 amide bonds. The van der Waals surface area contributed by atoms with Crippen LogP contribution in [-0.4, -0.2) is 0 Å². The quantitative estimate of drug-likeness (QED) is 0.789. The van der Waals surface area contributed by atoms with E-state index in [2.05, 4.69) is 35.6 Å². The van der Waals surface area contributed by atoms with Gasteiger partial charge in [0.05, 0.1) is 6.04 Å². The summed E-state index contributed by atoms with van der Waals surface area (Å²) in [6.45, 7) is 0.923. The molecule has 0 fully saturated rings.